The summed E-state index contributed by atoms with van der Waals surface area (Å²) < 4.78 is 12.6. The standard InChI is InChI=1S/C15H18N4O4/c1-22-13-7-6-10(8-16-13)9-18-15(21)19-11(14(20)23-2)4-3-5-12(19)17-18/h6-8,11H,3-5,9H2,1-2H3. The summed E-state index contributed by atoms with van der Waals surface area (Å²) in [5, 5.41) is 4.36. The Morgan fingerprint density at radius 2 is 2.22 bits per heavy atom. The molecule has 0 aliphatic carbocycles. The Kier molecular flexibility index (Phi) is 4.14. The number of hydrogen-bond donors (Lipinski definition) is 0. The minimum Gasteiger partial charge on any atom is -0.481 e. The Morgan fingerprint density at radius 3 is 2.87 bits per heavy atom. The Morgan fingerprint density at radius 1 is 1.39 bits per heavy atom. The molecule has 0 aromatic carbocycles. The van der Waals surface area contributed by atoms with Crippen LogP contribution in [0.25, 0.3) is 0 Å². The number of carbonyl (C=O) groups is 1. The zero-order valence-corrected chi connectivity index (χ0v) is 13.1. The van der Waals surface area contributed by atoms with Gasteiger partial charge in [0.2, 0.25) is 5.88 Å². The number of pyridine rings is 1. The van der Waals surface area contributed by atoms with E-state index < -0.39 is 12.0 Å². The number of nitrogens with zero attached hydrogens (tertiary/aromatic N) is 4. The van der Waals surface area contributed by atoms with Crippen LogP contribution >= 0.6 is 0 Å². The van der Waals surface area contributed by atoms with Gasteiger partial charge in [-0.25, -0.2) is 19.3 Å². The molecule has 8 nitrogen and oxygen atoms in total. The van der Waals surface area contributed by atoms with Gasteiger partial charge < -0.3 is 9.47 Å². The van der Waals surface area contributed by atoms with Crippen molar-refractivity contribution in [2.45, 2.75) is 31.8 Å². The van der Waals surface area contributed by atoms with E-state index in [1.54, 1.807) is 19.4 Å². The van der Waals surface area contributed by atoms with Crippen LogP contribution in [0.3, 0.4) is 0 Å². The van der Waals surface area contributed by atoms with E-state index in [-0.39, 0.29) is 5.69 Å². The predicted octanol–water partition coefficient (Wildman–Crippen LogP) is 0.547. The largest absolute Gasteiger partial charge is 0.481 e. The SMILES string of the molecule is COC(=O)C1CCCc2nn(Cc3ccc(OC)nc3)c(=O)n21. The summed E-state index contributed by atoms with van der Waals surface area (Å²) in [4.78, 5) is 28.6. The summed E-state index contributed by atoms with van der Waals surface area (Å²) in [7, 11) is 2.87. The molecule has 122 valence electrons. The topological polar surface area (TPSA) is 88.2 Å². The summed E-state index contributed by atoms with van der Waals surface area (Å²) >= 11 is 0. The van der Waals surface area contributed by atoms with Crippen molar-refractivity contribution in [2.75, 3.05) is 14.2 Å². The van der Waals surface area contributed by atoms with Gasteiger partial charge in [0, 0.05) is 18.7 Å². The van der Waals surface area contributed by atoms with E-state index in [0.717, 1.165) is 12.0 Å². The molecule has 23 heavy (non-hydrogen) atoms. The molecule has 0 radical (unpaired) electrons. The van der Waals surface area contributed by atoms with E-state index in [1.807, 2.05) is 6.07 Å². The summed E-state index contributed by atoms with van der Waals surface area (Å²) in [6.07, 6.45) is 3.72. The fourth-order valence-electron chi connectivity index (χ4n) is 2.79. The number of aryl methyl sites for hydroxylation is 1. The third-order valence-electron chi connectivity index (χ3n) is 3.94. The maximum absolute atomic E-state index is 12.6. The van der Waals surface area contributed by atoms with Gasteiger partial charge >= 0.3 is 11.7 Å². The van der Waals surface area contributed by atoms with Gasteiger partial charge in [0.1, 0.15) is 11.9 Å². The lowest BCUT2D eigenvalue weighted by molar-refractivity contribution is -0.145. The van der Waals surface area contributed by atoms with Crippen molar-refractivity contribution in [3.8, 4) is 5.88 Å². The van der Waals surface area contributed by atoms with E-state index in [9.17, 15) is 9.59 Å². The van der Waals surface area contributed by atoms with Crippen LogP contribution in [0.1, 0.15) is 30.3 Å². The first-order valence-corrected chi connectivity index (χ1v) is 7.39. The van der Waals surface area contributed by atoms with Crippen LogP contribution in [-0.4, -0.2) is 39.5 Å². The average Bonchev–Trinajstić information content (AvgIpc) is 2.91. The first-order chi connectivity index (χ1) is 11.1. The van der Waals surface area contributed by atoms with Crippen LogP contribution in [0.2, 0.25) is 0 Å². The fourth-order valence-corrected chi connectivity index (χ4v) is 2.79. The summed E-state index contributed by atoms with van der Waals surface area (Å²) in [5.74, 6) is 0.729. The molecule has 2 aromatic rings. The van der Waals surface area contributed by atoms with Gasteiger partial charge in [0.05, 0.1) is 20.8 Å². The molecule has 1 unspecified atom stereocenters. The Bertz CT molecular complexity index is 763. The van der Waals surface area contributed by atoms with Gasteiger partial charge in [-0.15, -0.1) is 0 Å². The third-order valence-corrected chi connectivity index (χ3v) is 3.94. The maximum Gasteiger partial charge on any atom is 0.347 e. The predicted molar refractivity (Wildman–Crippen MR) is 80.4 cm³/mol. The van der Waals surface area contributed by atoms with E-state index in [1.165, 1.54) is 16.4 Å². The fraction of sp³-hybridized carbons (Fsp3) is 0.467. The highest BCUT2D eigenvalue weighted by Gasteiger charge is 2.31. The molecule has 1 aliphatic rings. The number of carbonyl (C=O) groups excluding carboxylic acids is 1. The van der Waals surface area contributed by atoms with Crippen molar-refractivity contribution in [1.29, 1.82) is 0 Å². The Labute approximate surface area is 132 Å². The van der Waals surface area contributed by atoms with Gasteiger partial charge in [-0.2, -0.15) is 5.10 Å². The number of ether oxygens (including phenoxy) is 2. The molecule has 3 rings (SSSR count). The van der Waals surface area contributed by atoms with Gasteiger partial charge in [-0.1, -0.05) is 6.07 Å². The summed E-state index contributed by atoms with van der Waals surface area (Å²) in [6.45, 7) is 0.295. The normalized spacial score (nSPS) is 16.7. The molecule has 1 atom stereocenters. The van der Waals surface area contributed by atoms with Crippen LogP contribution in [0.4, 0.5) is 0 Å². The van der Waals surface area contributed by atoms with E-state index in [2.05, 4.69) is 10.1 Å². The van der Waals surface area contributed by atoms with Crippen molar-refractivity contribution in [3.05, 3.63) is 40.2 Å². The number of methoxy groups -OCH3 is 2. The van der Waals surface area contributed by atoms with Crippen LogP contribution in [-0.2, 0) is 22.5 Å². The van der Waals surface area contributed by atoms with Crippen molar-refractivity contribution in [2.24, 2.45) is 0 Å². The zero-order valence-electron chi connectivity index (χ0n) is 13.1. The Hall–Kier alpha value is -2.64. The molecule has 1 aliphatic heterocycles. The van der Waals surface area contributed by atoms with Crippen LogP contribution < -0.4 is 10.4 Å². The molecule has 0 fully saturated rings. The van der Waals surface area contributed by atoms with Crippen LogP contribution in [0, 0.1) is 0 Å². The molecule has 8 heteroatoms. The van der Waals surface area contributed by atoms with Crippen molar-refractivity contribution >= 4 is 5.97 Å². The van der Waals surface area contributed by atoms with Crippen molar-refractivity contribution in [3.63, 3.8) is 0 Å². The summed E-state index contributed by atoms with van der Waals surface area (Å²) in [6, 6.07) is 2.97. The average molecular weight is 318 g/mol. The highest BCUT2D eigenvalue weighted by Crippen LogP contribution is 2.22. The smallest absolute Gasteiger partial charge is 0.347 e. The van der Waals surface area contributed by atoms with Gasteiger partial charge in [-0.05, 0) is 18.4 Å². The summed E-state index contributed by atoms with van der Waals surface area (Å²) in [5.41, 5.74) is 0.531. The van der Waals surface area contributed by atoms with E-state index in [0.29, 0.717) is 31.1 Å². The van der Waals surface area contributed by atoms with Gasteiger partial charge in [0.15, 0.2) is 0 Å². The van der Waals surface area contributed by atoms with Crippen molar-refractivity contribution in [1.82, 2.24) is 19.3 Å². The Balaban J connectivity index is 1.91. The molecule has 0 amide bonds. The van der Waals surface area contributed by atoms with Crippen molar-refractivity contribution < 1.29 is 14.3 Å². The molecule has 0 saturated carbocycles. The molecule has 0 spiro atoms. The molecular weight excluding hydrogens is 300 g/mol. The number of esters is 1. The highest BCUT2D eigenvalue weighted by atomic mass is 16.5. The first kappa shape index (κ1) is 15.3. The van der Waals surface area contributed by atoms with Crippen LogP contribution in [0.5, 0.6) is 5.88 Å². The number of aromatic nitrogens is 4. The zero-order chi connectivity index (χ0) is 16.4. The molecular formula is C15H18N4O4. The van der Waals surface area contributed by atoms with E-state index >= 15 is 0 Å². The second kappa shape index (κ2) is 6.23. The lowest BCUT2D eigenvalue weighted by Crippen LogP contribution is -2.35. The number of fused-ring (bicyclic) bond motifs is 1. The quantitative estimate of drug-likeness (QED) is 0.765. The number of rotatable bonds is 4. The molecule has 0 N–H and O–H groups in total. The van der Waals surface area contributed by atoms with Gasteiger partial charge in [0.25, 0.3) is 0 Å². The number of hydrogen-bond acceptors (Lipinski definition) is 6. The van der Waals surface area contributed by atoms with Crippen LogP contribution in [0.15, 0.2) is 23.1 Å². The van der Waals surface area contributed by atoms with Gasteiger partial charge in [-0.3, -0.25) is 4.57 Å². The second-order valence-electron chi connectivity index (χ2n) is 5.37. The molecule has 3 heterocycles. The lowest BCUT2D eigenvalue weighted by Gasteiger charge is -2.20. The highest BCUT2D eigenvalue weighted by molar-refractivity contribution is 5.74. The third kappa shape index (κ3) is 2.84. The first-order valence-electron chi connectivity index (χ1n) is 7.39. The van der Waals surface area contributed by atoms with E-state index in [4.69, 9.17) is 9.47 Å². The minimum absolute atomic E-state index is 0.295. The molecule has 2 aromatic heterocycles. The lowest BCUT2D eigenvalue weighted by atomic mass is 10.1. The second-order valence-corrected chi connectivity index (χ2v) is 5.37. The minimum atomic E-state index is -0.584. The molecule has 0 bridgehead atoms. The molecule has 0 saturated heterocycles. The monoisotopic (exact) mass is 318 g/mol. The maximum atomic E-state index is 12.6.